The molecule has 1 aromatic carbocycles. The Kier molecular flexibility index (Phi) is 7.03. The van der Waals surface area contributed by atoms with E-state index in [0.29, 0.717) is 12.8 Å². The van der Waals surface area contributed by atoms with Gasteiger partial charge in [0.15, 0.2) is 0 Å². The zero-order valence-electron chi connectivity index (χ0n) is 19.5. The fraction of sp³-hybridized carbons (Fsp3) is 0.667. The molecule has 0 aromatic heterocycles. The summed E-state index contributed by atoms with van der Waals surface area (Å²) in [4.78, 5) is 27.4. The molecule has 1 saturated carbocycles. The van der Waals surface area contributed by atoms with Crippen molar-refractivity contribution in [3.63, 3.8) is 0 Å². The maximum Gasteiger partial charge on any atom is 0.416 e. The Morgan fingerprint density at radius 2 is 1.76 bits per heavy atom. The minimum Gasteiger partial charge on any atom is -0.444 e. The van der Waals surface area contributed by atoms with E-state index < -0.39 is 46.9 Å². The summed E-state index contributed by atoms with van der Waals surface area (Å²) in [6.07, 6.45) is -1.91. The number of ether oxygens (including phenoxy) is 1. The van der Waals surface area contributed by atoms with E-state index in [4.69, 9.17) is 4.74 Å². The van der Waals surface area contributed by atoms with Crippen LogP contribution in [0.15, 0.2) is 24.3 Å². The number of alkyl halides is 3. The van der Waals surface area contributed by atoms with Gasteiger partial charge < -0.3 is 15.2 Å². The highest BCUT2D eigenvalue weighted by molar-refractivity contribution is 5.94. The molecule has 0 radical (unpaired) electrons. The highest BCUT2D eigenvalue weighted by atomic mass is 19.4. The van der Waals surface area contributed by atoms with E-state index in [1.807, 2.05) is 6.92 Å². The van der Waals surface area contributed by atoms with Gasteiger partial charge in [-0.2, -0.15) is 13.2 Å². The van der Waals surface area contributed by atoms with E-state index in [-0.39, 0.29) is 18.2 Å². The van der Waals surface area contributed by atoms with E-state index in [9.17, 15) is 27.9 Å². The van der Waals surface area contributed by atoms with E-state index in [1.165, 1.54) is 0 Å². The molecule has 1 saturated heterocycles. The first kappa shape index (κ1) is 25.3. The van der Waals surface area contributed by atoms with Crippen molar-refractivity contribution >= 4 is 12.0 Å². The second-order valence-electron chi connectivity index (χ2n) is 10.4. The lowest BCUT2D eigenvalue weighted by Gasteiger charge is -2.37. The Morgan fingerprint density at radius 1 is 1.15 bits per heavy atom. The number of carbonyl (C=O) groups excluding carboxylic acids is 2. The molecule has 1 heterocycles. The Balaban J connectivity index is 1.77. The fourth-order valence-electron chi connectivity index (χ4n) is 5.03. The second kappa shape index (κ2) is 9.16. The first-order valence-electron chi connectivity index (χ1n) is 11.4. The molecule has 2 aliphatic rings. The number of hydrogen-bond donors (Lipinski definition) is 2. The van der Waals surface area contributed by atoms with E-state index in [2.05, 4.69) is 5.32 Å². The van der Waals surface area contributed by atoms with Gasteiger partial charge >= 0.3 is 12.3 Å². The number of nitrogens with zero attached hydrogens (tertiary/aromatic N) is 1. The number of halogens is 3. The molecule has 33 heavy (non-hydrogen) atoms. The number of amides is 2. The molecule has 0 spiro atoms. The molecular formula is C24H33F3N2O4. The summed E-state index contributed by atoms with van der Waals surface area (Å²) >= 11 is 0. The van der Waals surface area contributed by atoms with Crippen molar-refractivity contribution in [2.75, 3.05) is 6.54 Å². The molecule has 9 heteroatoms. The summed E-state index contributed by atoms with van der Waals surface area (Å²) in [6, 6.07) is 3.37. The summed E-state index contributed by atoms with van der Waals surface area (Å²) < 4.78 is 44.0. The smallest absolute Gasteiger partial charge is 0.416 e. The molecular weight excluding hydrogens is 437 g/mol. The standard InChI is InChI=1S/C24H33F3N2O4/c1-22(2,3)33-21(32)29-17(13-23(4)18(29)7-5-6-8-19(23)30)14-28-20(31)15-9-11-16(12-10-15)24(25,26)27/h9-12,17-19,30H,5-8,13-14H2,1-4H3,(H,28,31)/t17-,18-,19+,23-/m1/s1. The van der Waals surface area contributed by atoms with Gasteiger partial charge in [-0.15, -0.1) is 0 Å². The molecule has 6 nitrogen and oxygen atoms in total. The minimum absolute atomic E-state index is 0.102. The number of aliphatic hydroxyl groups excluding tert-OH is 1. The van der Waals surface area contributed by atoms with Crippen LogP contribution in [0.3, 0.4) is 0 Å². The number of carbonyl (C=O) groups is 2. The minimum atomic E-state index is -4.47. The third-order valence-corrected chi connectivity index (χ3v) is 6.71. The lowest BCUT2D eigenvalue weighted by molar-refractivity contribution is -0.137. The first-order chi connectivity index (χ1) is 15.2. The maximum atomic E-state index is 13.1. The Labute approximate surface area is 192 Å². The number of benzene rings is 1. The largest absolute Gasteiger partial charge is 0.444 e. The zero-order valence-corrected chi connectivity index (χ0v) is 19.5. The van der Waals surface area contributed by atoms with Crippen molar-refractivity contribution in [3.8, 4) is 0 Å². The molecule has 2 N–H and O–H groups in total. The third kappa shape index (κ3) is 5.62. The van der Waals surface area contributed by atoms with Crippen LogP contribution in [0.2, 0.25) is 0 Å². The average molecular weight is 471 g/mol. The Bertz CT molecular complexity index is 866. The predicted molar refractivity (Wildman–Crippen MR) is 117 cm³/mol. The molecule has 184 valence electrons. The van der Waals surface area contributed by atoms with Crippen molar-refractivity contribution in [2.24, 2.45) is 5.41 Å². The fourth-order valence-corrected chi connectivity index (χ4v) is 5.03. The second-order valence-corrected chi connectivity index (χ2v) is 10.4. The number of fused-ring (bicyclic) bond motifs is 1. The van der Waals surface area contributed by atoms with E-state index in [0.717, 1.165) is 43.5 Å². The summed E-state index contributed by atoms with van der Waals surface area (Å²) in [5.74, 6) is -0.523. The molecule has 1 aliphatic heterocycles. The van der Waals surface area contributed by atoms with Crippen LogP contribution in [-0.4, -0.2) is 52.3 Å². The maximum absolute atomic E-state index is 13.1. The number of hydrogen-bond acceptors (Lipinski definition) is 4. The van der Waals surface area contributed by atoms with Gasteiger partial charge in [-0.25, -0.2) is 4.79 Å². The lowest BCUT2D eigenvalue weighted by atomic mass is 9.75. The molecule has 1 aromatic rings. The number of nitrogens with one attached hydrogen (secondary N) is 1. The molecule has 1 aliphatic carbocycles. The highest BCUT2D eigenvalue weighted by Gasteiger charge is 2.55. The van der Waals surface area contributed by atoms with Gasteiger partial charge in [-0.1, -0.05) is 19.8 Å². The lowest BCUT2D eigenvalue weighted by Crippen LogP contribution is -2.50. The monoisotopic (exact) mass is 470 g/mol. The van der Waals surface area contributed by atoms with Gasteiger partial charge in [0.1, 0.15) is 5.60 Å². The van der Waals surface area contributed by atoms with Crippen molar-refractivity contribution in [2.45, 2.75) is 89.8 Å². The first-order valence-corrected chi connectivity index (χ1v) is 11.4. The van der Waals surface area contributed by atoms with Crippen LogP contribution < -0.4 is 5.32 Å². The van der Waals surface area contributed by atoms with Gasteiger partial charge in [0.05, 0.1) is 17.7 Å². The van der Waals surface area contributed by atoms with Crippen molar-refractivity contribution < 1.29 is 32.6 Å². The summed E-state index contributed by atoms with van der Waals surface area (Å²) in [5, 5.41) is 13.6. The summed E-state index contributed by atoms with van der Waals surface area (Å²) in [6.45, 7) is 7.43. The Hall–Kier alpha value is -2.29. The predicted octanol–water partition coefficient (Wildman–Crippen LogP) is 4.75. The SMILES string of the molecule is CC(C)(C)OC(=O)N1[C@@H](CNC(=O)c2ccc(C(F)(F)F)cc2)C[C@@]2(C)[C@@H](O)CCCC[C@@H]12. The average Bonchev–Trinajstić information content (AvgIpc) is 2.92. The van der Waals surface area contributed by atoms with Crippen LogP contribution >= 0.6 is 0 Å². The molecule has 4 atom stereocenters. The number of aliphatic hydroxyl groups is 1. The van der Waals surface area contributed by atoms with Crippen molar-refractivity contribution in [3.05, 3.63) is 35.4 Å². The van der Waals surface area contributed by atoms with Gasteiger partial charge in [0, 0.05) is 23.6 Å². The zero-order chi connectivity index (χ0) is 24.6. The molecule has 3 rings (SSSR count). The van der Waals surface area contributed by atoms with Crippen LogP contribution in [0.5, 0.6) is 0 Å². The van der Waals surface area contributed by atoms with Crippen molar-refractivity contribution in [1.82, 2.24) is 10.2 Å². The summed E-state index contributed by atoms with van der Waals surface area (Å²) in [7, 11) is 0. The molecule has 2 fully saturated rings. The van der Waals surface area contributed by atoms with E-state index >= 15 is 0 Å². The van der Waals surface area contributed by atoms with Gasteiger partial charge in [-0.3, -0.25) is 9.69 Å². The van der Waals surface area contributed by atoms with Crippen LogP contribution in [0.1, 0.15) is 75.7 Å². The summed E-state index contributed by atoms with van der Waals surface area (Å²) in [5.41, 5.74) is -1.96. The molecule has 2 amide bonds. The van der Waals surface area contributed by atoms with Crippen molar-refractivity contribution in [1.29, 1.82) is 0 Å². The number of rotatable bonds is 3. The highest BCUT2D eigenvalue weighted by Crippen LogP contribution is 2.48. The van der Waals surface area contributed by atoms with Crippen LogP contribution in [0.4, 0.5) is 18.0 Å². The van der Waals surface area contributed by atoms with Crippen LogP contribution in [0, 0.1) is 5.41 Å². The van der Waals surface area contributed by atoms with E-state index in [1.54, 1.807) is 25.7 Å². The normalized spacial score (nSPS) is 28.1. The van der Waals surface area contributed by atoms with Crippen LogP contribution in [0.25, 0.3) is 0 Å². The molecule has 0 bridgehead atoms. The number of likely N-dealkylation sites (tertiary alicyclic amines) is 1. The molecule has 0 unspecified atom stereocenters. The third-order valence-electron chi connectivity index (χ3n) is 6.71. The Morgan fingerprint density at radius 3 is 2.33 bits per heavy atom. The van der Waals surface area contributed by atoms with Crippen LogP contribution in [-0.2, 0) is 10.9 Å². The van der Waals surface area contributed by atoms with Gasteiger partial charge in [0.25, 0.3) is 5.91 Å². The quantitative estimate of drug-likeness (QED) is 0.668. The topological polar surface area (TPSA) is 78.9 Å². The van der Waals surface area contributed by atoms with Gasteiger partial charge in [0.2, 0.25) is 0 Å². The van der Waals surface area contributed by atoms with Gasteiger partial charge in [-0.05, 0) is 64.3 Å².